The lowest BCUT2D eigenvalue weighted by Crippen LogP contribution is -2.43. The Morgan fingerprint density at radius 1 is 1.43 bits per heavy atom. The average Bonchev–Trinajstić information content (AvgIpc) is 2.41. The van der Waals surface area contributed by atoms with Gasteiger partial charge in [0.2, 0.25) is 0 Å². The zero-order valence-electron chi connectivity index (χ0n) is 11.7. The van der Waals surface area contributed by atoms with Gasteiger partial charge in [-0.3, -0.25) is 0 Å². The van der Waals surface area contributed by atoms with Crippen LogP contribution in [0.2, 0.25) is 0 Å². The molecule has 0 saturated heterocycles. The number of hydrogen-bond donors (Lipinski definition) is 3. The minimum atomic E-state index is -0.759. The lowest BCUT2D eigenvalue weighted by atomic mass is 9.81. The molecular formula is C14H18FN3O3. The number of nitrogens with one attached hydrogen (secondary N) is 2. The van der Waals surface area contributed by atoms with E-state index in [9.17, 15) is 14.0 Å². The van der Waals surface area contributed by atoms with Gasteiger partial charge in [0, 0.05) is 18.3 Å². The molecule has 0 spiro atoms. The standard InChI is InChI=1S/C14H18FN3O3/c1-21-13(19)11-3-2-10(6-12(11)15)18-14(20)17-7-8-4-9(16)5-8/h2-3,6,8-9H,4-5,7,16H2,1H3,(H2,17,18,20). The maximum absolute atomic E-state index is 13.7. The van der Waals surface area contributed by atoms with E-state index in [0.717, 1.165) is 18.9 Å². The van der Waals surface area contributed by atoms with Crippen molar-refractivity contribution in [1.29, 1.82) is 0 Å². The van der Waals surface area contributed by atoms with Crippen LogP contribution in [0.4, 0.5) is 14.9 Å². The Morgan fingerprint density at radius 2 is 2.14 bits per heavy atom. The normalized spacial score (nSPS) is 20.3. The van der Waals surface area contributed by atoms with Gasteiger partial charge < -0.3 is 21.1 Å². The molecule has 1 aromatic carbocycles. The third kappa shape index (κ3) is 3.91. The first kappa shape index (κ1) is 15.2. The summed E-state index contributed by atoms with van der Waals surface area (Å²) in [7, 11) is 1.17. The lowest BCUT2D eigenvalue weighted by molar-refractivity contribution is 0.0595. The lowest BCUT2D eigenvalue weighted by Gasteiger charge is -2.32. The highest BCUT2D eigenvalue weighted by molar-refractivity contribution is 5.92. The molecule has 0 radical (unpaired) electrons. The van der Waals surface area contributed by atoms with Gasteiger partial charge in [-0.15, -0.1) is 0 Å². The molecule has 0 aliphatic heterocycles. The molecule has 1 fully saturated rings. The first-order valence-corrected chi connectivity index (χ1v) is 6.68. The number of anilines is 1. The summed E-state index contributed by atoms with van der Waals surface area (Å²) in [6.07, 6.45) is 1.81. The first-order valence-electron chi connectivity index (χ1n) is 6.68. The third-order valence-electron chi connectivity index (χ3n) is 3.46. The topological polar surface area (TPSA) is 93.4 Å². The summed E-state index contributed by atoms with van der Waals surface area (Å²) >= 11 is 0. The van der Waals surface area contributed by atoms with Crippen molar-refractivity contribution in [2.24, 2.45) is 11.7 Å². The second-order valence-corrected chi connectivity index (χ2v) is 5.12. The monoisotopic (exact) mass is 295 g/mol. The van der Waals surface area contributed by atoms with E-state index < -0.39 is 17.8 Å². The predicted molar refractivity (Wildman–Crippen MR) is 75.5 cm³/mol. The summed E-state index contributed by atoms with van der Waals surface area (Å²) in [5, 5.41) is 5.21. The number of hydrogen-bond acceptors (Lipinski definition) is 4. The molecule has 6 nitrogen and oxygen atoms in total. The van der Waals surface area contributed by atoms with Crippen LogP contribution in [-0.4, -0.2) is 31.7 Å². The van der Waals surface area contributed by atoms with E-state index >= 15 is 0 Å². The molecule has 1 aliphatic rings. The van der Waals surface area contributed by atoms with Gasteiger partial charge in [-0.1, -0.05) is 0 Å². The van der Waals surface area contributed by atoms with E-state index in [1.807, 2.05) is 0 Å². The van der Waals surface area contributed by atoms with Crippen LogP contribution in [0.1, 0.15) is 23.2 Å². The van der Waals surface area contributed by atoms with Crippen LogP contribution in [0.25, 0.3) is 0 Å². The number of amides is 2. The highest BCUT2D eigenvalue weighted by Gasteiger charge is 2.25. The van der Waals surface area contributed by atoms with Crippen LogP contribution >= 0.6 is 0 Å². The number of carbonyl (C=O) groups excluding carboxylic acids is 2. The molecule has 1 aliphatic carbocycles. The van der Waals surface area contributed by atoms with E-state index in [0.29, 0.717) is 12.5 Å². The molecule has 2 amide bonds. The Hall–Kier alpha value is -2.15. The number of nitrogens with two attached hydrogens (primary N) is 1. The van der Waals surface area contributed by atoms with Gasteiger partial charge in [0.05, 0.1) is 12.7 Å². The Morgan fingerprint density at radius 3 is 2.71 bits per heavy atom. The van der Waals surface area contributed by atoms with Crippen molar-refractivity contribution in [3.63, 3.8) is 0 Å². The van der Waals surface area contributed by atoms with Crippen molar-refractivity contribution in [2.45, 2.75) is 18.9 Å². The smallest absolute Gasteiger partial charge is 0.340 e. The number of benzene rings is 1. The SMILES string of the molecule is COC(=O)c1ccc(NC(=O)NCC2CC(N)C2)cc1F. The summed E-state index contributed by atoms with van der Waals surface area (Å²) in [6, 6.07) is 3.60. The number of rotatable bonds is 4. The van der Waals surface area contributed by atoms with Gasteiger partial charge in [0.25, 0.3) is 0 Å². The van der Waals surface area contributed by atoms with Crippen molar-refractivity contribution in [3.05, 3.63) is 29.6 Å². The van der Waals surface area contributed by atoms with E-state index in [1.165, 1.54) is 19.2 Å². The largest absolute Gasteiger partial charge is 0.465 e. The fraction of sp³-hybridized carbons (Fsp3) is 0.429. The van der Waals surface area contributed by atoms with Crippen LogP contribution in [-0.2, 0) is 4.74 Å². The van der Waals surface area contributed by atoms with Gasteiger partial charge in [0.15, 0.2) is 0 Å². The highest BCUT2D eigenvalue weighted by Crippen LogP contribution is 2.24. The quantitative estimate of drug-likeness (QED) is 0.733. The van der Waals surface area contributed by atoms with Gasteiger partial charge in [-0.05, 0) is 37.0 Å². The second kappa shape index (κ2) is 6.53. The Labute approximate surface area is 121 Å². The van der Waals surface area contributed by atoms with Crippen molar-refractivity contribution in [1.82, 2.24) is 5.32 Å². The Balaban J connectivity index is 1.86. The molecule has 21 heavy (non-hydrogen) atoms. The number of esters is 1. The minimum absolute atomic E-state index is 0.174. The van der Waals surface area contributed by atoms with E-state index in [4.69, 9.17) is 5.73 Å². The first-order chi connectivity index (χ1) is 9.99. The van der Waals surface area contributed by atoms with Crippen LogP contribution in [0.3, 0.4) is 0 Å². The zero-order valence-corrected chi connectivity index (χ0v) is 11.7. The van der Waals surface area contributed by atoms with Crippen LogP contribution < -0.4 is 16.4 Å². The van der Waals surface area contributed by atoms with Gasteiger partial charge >= 0.3 is 12.0 Å². The predicted octanol–water partition coefficient (Wildman–Crippen LogP) is 1.47. The van der Waals surface area contributed by atoms with E-state index in [1.54, 1.807) is 0 Å². The second-order valence-electron chi connectivity index (χ2n) is 5.12. The molecule has 114 valence electrons. The molecule has 7 heteroatoms. The third-order valence-corrected chi connectivity index (χ3v) is 3.46. The summed E-state index contributed by atoms with van der Waals surface area (Å²) in [5.41, 5.74) is 5.75. The van der Waals surface area contributed by atoms with Crippen LogP contribution in [0.5, 0.6) is 0 Å². The molecule has 1 saturated carbocycles. The summed E-state index contributed by atoms with van der Waals surface area (Å²) in [6.45, 7) is 0.544. The molecule has 0 atom stereocenters. The minimum Gasteiger partial charge on any atom is -0.465 e. The molecular weight excluding hydrogens is 277 g/mol. The number of ether oxygens (including phenoxy) is 1. The molecule has 2 rings (SSSR count). The van der Waals surface area contributed by atoms with Crippen molar-refractivity contribution < 1.29 is 18.7 Å². The number of urea groups is 1. The van der Waals surface area contributed by atoms with Gasteiger partial charge in [-0.2, -0.15) is 0 Å². The molecule has 4 N–H and O–H groups in total. The summed E-state index contributed by atoms with van der Waals surface area (Å²) < 4.78 is 18.1. The molecule has 1 aromatic rings. The maximum Gasteiger partial charge on any atom is 0.340 e. The van der Waals surface area contributed by atoms with E-state index in [2.05, 4.69) is 15.4 Å². The van der Waals surface area contributed by atoms with Crippen LogP contribution in [0.15, 0.2) is 18.2 Å². The van der Waals surface area contributed by atoms with Gasteiger partial charge in [-0.25, -0.2) is 14.0 Å². The number of carbonyl (C=O) groups is 2. The van der Waals surface area contributed by atoms with Crippen molar-refractivity contribution >= 4 is 17.7 Å². The Kier molecular flexibility index (Phi) is 4.74. The highest BCUT2D eigenvalue weighted by atomic mass is 19.1. The Bertz CT molecular complexity index is 544. The molecule has 0 unspecified atom stereocenters. The van der Waals surface area contributed by atoms with Crippen molar-refractivity contribution in [3.8, 4) is 0 Å². The van der Waals surface area contributed by atoms with Gasteiger partial charge in [0.1, 0.15) is 5.82 Å². The fourth-order valence-corrected chi connectivity index (χ4v) is 2.23. The zero-order chi connectivity index (χ0) is 15.4. The van der Waals surface area contributed by atoms with Crippen LogP contribution in [0, 0.1) is 11.7 Å². The number of halogens is 1. The average molecular weight is 295 g/mol. The molecule has 0 heterocycles. The van der Waals surface area contributed by atoms with Crippen molar-refractivity contribution in [2.75, 3.05) is 19.0 Å². The number of methoxy groups -OCH3 is 1. The fourth-order valence-electron chi connectivity index (χ4n) is 2.23. The molecule has 0 aromatic heterocycles. The summed E-state index contributed by atoms with van der Waals surface area (Å²) in [5.74, 6) is -1.10. The maximum atomic E-state index is 13.7. The van der Waals surface area contributed by atoms with E-state index in [-0.39, 0.29) is 17.3 Å². The summed E-state index contributed by atoms with van der Waals surface area (Å²) in [4.78, 5) is 22.9. The molecule has 0 bridgehead atoms.